The number of imide groups is 1. The van der Waals surface area contributed by atoms with E-state index in [0.717, 1.165) is 57.3 Å². The Bertz CT molecular complexity index is 1570. The number of carbonyl (C=O) groups is 2. The van der Waals surface area contributed by atoms with Crippen molar-refractivity contribution in [1.29, 1.82) is 0 Å². The summed E-state index contributed by atoms with van der Waals surface area (Å²) in [5.41, 5.74) is 6.49. The fourth-order valence-corrected chi connectivity index (χ4v) is 5.44. The van der Waals surface area contributed by atoms with E-state index in [4.69, 9.17) is 9.47 Å². The summed E-state index contributed by atoms with van der Waals surface area (Å²) >= 11 is 0. The zero-order valence-corrected chi connectivity index (χ0v) is 20.6. The SMILES string of the molecule is COCc1ccc2c(C3=C(c4cn(C)c5cc(N6CCOCC6)ccc45)C(=O)NC3=O)cn(C)c2c1. The molecule has 4 aromatic rings. The number of methoxy groups -OCH3 is 1. The highest BCUT2D eigenvalue weighted by Gasteiger charge is 2.35. The van der Waals surface area contributed by atoms with Crippen LogP contribution in [0, 0.1) is 0 Å². The quantitative estimate of drug-likeness (QED) is 0.440. The Hall–Kier alpha value is -3.88. The molecular formula is C28H28N4O4. The van der Waals surface area contributed by atoms with Gasteiger partial charge in [0.15, 0.2) is 0 Å². The van der Waals surface area contributed by atoms with Gasteiger partial charge in [-0.25, -0.2) is 0 Å². The second-order valence-electron chi connectivity index (χ2n) is 9.43. The molecule has 2 aromatic carbocycles. The number of fused-ring (bicyclic) bond motifs is 2. The van der Waals surface area contributed by atoms with Gasteiger partial charge in [0.25, 0.3) is 11.8 Å². The van der Waals surface area contributed by atoms with Crippen molar-refractivity contribution < 1.29 is 19.1 Å². The zero-order valence-electron chi connectivity index (χ0n) is 20.6. The van der Waals surface area contributed by atoms with Gasteiger partial charge in [-0.3, -0.25) is 14.9 Å². The van der Waals surface area contributed by atoms with Crippen molar-refractivity contribution in [1.82, 2.24) is 14.5 Å². The van der Waals surface area contributed by atoms with Gasteiger partial charge in [-0.15, -0.1) is 0 Å². The van der Waals surface area contributed by atoms with Crippen molar-refractivity contribution in [3.05, 3.63) is 65.5 Å². The lowest BCUT2D eigenvalue weighted by Crippen LogP contribution is -2.36. The van der Waals surface area contributed by atoms with Crippen molar-refractivity contribution in [2.45, 2.75) is 6.61 Å². The maximum Gasteiger partial charge on any atom is 0.259 e. The molecule has 1 saturated heterocycles. The van der Waals surface area contributed by atoms with E-state index in [0.29, 0.717) is 31.0 Å². The minimum atomic E-state index is -0.370. The second kappa shape index (κ2) is 8.65. The maximum atomic E-state index is 13.2. The van der Waals surface area contributed by atoms with Gasteiger partial charge in [0.05, 0.1) is 36.5 Å². The molecule has 0 atom stereocenters. The number of anilines is 1. The number of rotatable bonds is 5. The summed E-state index contributed by atoms with van der Waals surface area (Å²) in [5.74, 6) is -0.738. The van der Waals surface area contributed by atoms with Crippen molar-refractivity contribution in [3.8, 4) is 0 Å². The summed E-state index contributed by atoms with van der Waals surface area (Å²) in [6.45, 7) is 3.63. The number of nitrogens with zero attached hydrogens (tertiary/aromatic N) is 3. The molecular weight excluding hydrogens is 456 g/mol. The molecule has 0 unspecified atom stereocenters. The van der Waals surface area contributed by atoms with Crippen LogP contribution in [0.4, 0.5) is 5.69 Å². The number of ether oxygens (including phenoxy) is 2. The molecule has 2 amide bonds. The number of hydrogen-bond donors (Lipinski definition) is 1. The van der Waals surface area contributed by atoms with Gasteiger partial charge in [-0.1, -0.05) is 18.2 Å². The highest BCUT2D eigenvalue weighted by molar-refractivity contribution is 6.50. The monoisotopic (exact) mass is 484 g/mol. The predicted octanol–water partition coefficient (Wildman–Crippen LogP) is 3.22. The maximum absolute atomic E-state index is 13.2. The van der Waals surface area contributed by atoms with E-state index >= 15 is 0 Å². The third-order valence-corrected chi connectivity index (χ3v) is 7.19. The van der Waals surface area contributed by atoms with Crippen molar-refractivity contribution in [3.63, 3.8) is 0 Å². The highest BCUT2D eigenvalue weighted by atomic mass is 16.5. The first-order valence-electron chi connectivity index (χ1n) is 12.1. The van der Waals surface area contributed by atoms with Gasteiger partial charge in [0, 0.05) is 79.8 Å². The van der Waals surface area contributed by atoms with Gasteiger partial charge in [0.1, 0.15) is 0 Å². The molecule has 184 valence electrons. The van der Waals surface area contributed by atoms with Crippen LogP contribution in [0.3, 0.4) is 0 Å². The first kappa shape index (κ1) is 22.6. The van der Waals surface area contributed by atoms with Gasteiger partial charge in [0.2, 0.25) is 0 Å². The zero-order chi connectivity index (χ0) is 25.0. The molecule has 0 bridgehead atoms. The van der Waals surface area contributed by atoms with E-state index in [9.17, 15) is 9.59 Å². The lowest BCUT2D eigenvalue weighted by molar-refractivity contribution is -0.122. The molecule has 0 radical (unpaired) electrons. The summed E-state index contributed by atoms with van der Waals surface area (Å²) in [6.07, 6.45) is 3.87. The Kier molecular flexibility index (Phi) is 5.43. The first-order chi connectivity index (χ1) is 17.5. The average molecular weight is 485 g/mol. The van der Waals surface area contributed by atoms with E-state index < -0.39 is 0 Å². The molecule has 2 aliphatic heterocycles. The standard InChI is InChI=1S/C28H28N4O4/c1-30-14-21(19-6-4-17(16-35-3)12-23(19)30)25-26(28(34)29-27(25)33)22-15-31(2)24-13-18(5-7-20(22)24)32-8-10-36-11-9-32/h4-7,12-15H,8-11,16H2,1-3H3,(H,29,33,34). The number of benzene rings is 2. The molecule has 36 heavy (non-hydrogen) atoms. The number of morpholine rings is 1. The number of aromatic nitrogens is 2. The Morgan fingerprint density at radius 3 is 2.06 bits per heavy atom. The van der Waals surface area contributed by atoms with Crippen LogP contribution in [0.1, 0.15) is 16.7 Å². The fourth-order valence-electron chi connectivity index (χ4n) is 5.44. The molecule has 0 saturated carbocycles. The molecule has 1 N–H and O–H groups in total. The molecule has 8 nitrogen and oxygen atoms in total. The number of carbonyl (C=O) groups excluding carboxylic acids is 2. The van der Waals surface area contributed by atoms with Crippen LogP contribution in [0.2, 0.25) is 0 Å². The minimum Gasteiger partial charge on any atom is -0.380 e. The summed E-state index contributed by atoms with van der Waals surface area (Å²) in [6, 6.07) is 12.3. The summed E-state index contributed by atoms with van der Waals surface area (Å²) < 4.78 is 14.8. The topological polar surface area (TPSA) is 77.7 Å². The number of amides is 2. The van der Waals surface area contributed by atoms with E-state index in [2.05, 4.69) is 34.5 Å². The Labute approximate surface area is 208 Å². The summed E-state index contributed by atoms with van der Waals surface area (Å²) in [5, 5.41) is 4.40. The van der Waals surface area contributed by atoms with Crippen LogP contribution in [-0.4, -0.2) is 54.4 Å². The van der Waals surface area contributed by atoms with Crippen LogP contribution in [0.25, 0.3) is 33.0 Å². The predicted molar refractivity (Wildman–Crippen MR) is 140 cm³/mol. The minimum absolute atomic E-state index is 0.368. The molecule has 8 heteroatoms. The second-order valence-corrected chi connectivity index (χ2v) is 9.43. The van der Waals surface area contributed by atoms with Crippen molar-refractivity contribution >= 4 is 50.5 Å². The number of aryl methyl sites for hydroxylation is 2. The number of nitrogens with one attached hydrogen (secondary N) is 1. The largest absolute Gasteiger partial charge is 0.380 e. The molecule has 6 rings (SSSR count). The van der Waals surface area contributed by atoms with Crippen LogP contribution in [0.15, 0.2) is 48.8 Å². The summed E-state index contributed by atoms with van der Waals surface area (Å²) in [4.78, 5) is 28.6. The molecule has 0 spiro atoms. The molecule has 2 aliphatic rings. The van der Waals surface area contributed by atoms with Crippen LogP contribution in [-0.2, 0) is 39.8 Å². The Morgan fingerprint density at radius 2 is 1.44 bits per heavy atom. The van der Waals surface area contributed by atoms with Crippen LogP contribution >= 0.6 is 0 Å². The highest BCUT2D eigenvalue weighted by Crippen LogP contribution is 2.39. The fraction of sp³-hybridized carbons (Fsp3) is 0.286. The Balaban J connectivity index is 1.52. The van der Waals surface area contributed by atoms with Gasteiger partial charge in [-0.2, -0.15) is 0 Å². The molecule has 4 heterocycles. The summed E-state index contributed by atoms with van der Waals surface area (Å²) in [7, 11) is 5.59. The smallest absolute Gasteiger partial charge is 0.259 e. The first-order valence-corrected chi connectivity index (χ1v) is 12.1. The van der Waals surface area contributed by atoms with Crippen LogP contribution < -0.4 is 10.2 Å². The van der Waals surface area contributed by atoms with Crippen molar-refractivity contribution in [2.24, 2.45) is 14.1 Å². The molecule has 0 aliphatic carbocycles. The normalized spacial score (nSPS) is 16.6. The average Bonchev–Trinajstić information content (AvgIpc) is 3.49. The van der Waals surface area contributed by atoms with Gasteiger partial charge in [-0.05, 0) is 23.8 Å². The van der Waals surface area contributed by atoms with Gasteiger partial charge >= 0.3 is 0 Å². The molecule has 2 aromatic heterocycles. The lowest BCUT2D eigenvalue weighted by Gasteiger charge is -2.29. The van der Waals surface area contributed by atoms with E-state index in [1.165, 1.54) is 0 Å². The third kappa shape index (κ3) is 3.53. The van der Waals surface area contributed by atoms with E-state index in [1.54, 1.807) is 7.11 Å². The Morgan fingerprint density at radius 1 is 0.861 bits per heavy atom. The third-order valence-electron chi connectivity index (χ3n) is 7.19. The van der Waals surface area contributed by atoms with Crippen LogP contribution in [0.5, 0.6) is 0 Å². The lowest BCUT2D eigenvalue weighted by atomic mass is 9.95. The van der Waals surface area contributed by atoms with E-state index in [1.807, 2.05) is 47.8 Å². The van der Waals surface area contributed by atoms with Gasteiger partial charge < -0.3 is 23.5 Å². The molecule has 1 fully saturated rings. The van der Waals surface area contributed by atoms with Crippen molar-refractivity contribution in [2.75, 3.05) is 38.3 Å². The number of hydrogen-bond acceptors (Lipinski definition) is 5. The van der Waals surface area contributed by atoms with E-state index in [-0.39, 0.29) is 11.8 Å².